The van der Waals surface area contributed by atoms with Gasteiger partial charge in [-0.3, -0.25) is 4.79 Å². The summed E-state index contributed by atoms with van der Waals surface area (Å²) in [5, 5.41) is 4.49. The first kappa shape index (κ1) is 30.3. The van der Waals surface area contributed by atoms with Crippen molar-refractivity contribution in [2.24, 2.45) is 5.73 Å². The number of aryl methyl sites for hydroxylation is 1. The van der Waals surface area contributed by atoms with Crippen LogP contribution in [0.2, 0.25) is 10.0 Å². The van der Waals surface area contributed by atoms with Crippen LogP contribution in [0.3, 0.4) is 0 Å². The fourth-order valence-corrected chi connectivity index (χ4v) is 5.16. The molecule has 1 aromatic heterocycles. The number of hydrogen-bond acceptors (Lipinski definition) is 7. The van der Waals surface area contributed by atoms with E-state index < -0.39 is 11.5 Å². The number of benzene rings is 2. The summed E-state index contributed by atoms with van der Waals surface area (Å²) < 4.78 is 11.2. The number of nitrogens with zero attached hydrogens (tertiary/aromatic N) is 3. The number of hydrogen-bond donors (Lipinski definition) is 2. The second kappa shape index (κ2) is 12.9. The standard InChI is InChI=1S/C30H35Cl2N5O4/c1-30(2,3)41-29(39)37-14-12-36(13-15-37)20-9-11-24(26(17-20)40-4)35-25-16-19(18-34-27(25)28(33)38)8-10-21-22(31)6-5-7-23(21)32/h5-7,9,11,16-18,35H,8,10,12-15H2,1-4H3,(H2,33,38). The molecule has 0 unspecified atom stereocenters. The number of pyridine rings is 1. The molecule has 0 radical (unpaired) electrons. The maximum Gasteiger partial charge on any atom is 0.410 e. The van der Waals surface area contributed by atoms with Gasteiger partial charge < -0.3 is 30.3 Å². The van der Waals surface area contributed by atoms with E-state index in [0.29, 0.717) is 66.2 Å². The smallest absolute Gasteiger partial charge is 0.410 e. The first-order valence-corrected chi connectivity index (χ1v) is 14.1. The molecule has 4 rings (SSSR count). The van der Waals surface area contributed by atoms with Gasteiger partial charge >= 0.3 is 6.09 Å². The fourth-order valence-electron chi connectivity index (χ4n) is 4.58. The SMILES string of the molecule is COc1cc(N2CCN(C(=O)OC(C)(C)C)CC2)ccc1Nc1cc(CCc2c(Cl)cccc2Cl)cnc1C(N)=O. The number of ether oxygens (including phenoxy) is 2. The Balaban J connectivity index is 1.48. The molecule has 2 amide bonds. The molecule has 218 valence electrons. The third-order valence-corrected chi connectivity index (χ3v) is 7.36. The Morgan fingerprint density at radius 3 is 2.29 bits per heavy atom. The fraction of sp³-hybridized carbons (Fsp3) is 0.367. The number of rotatable bonds is 8. The molecule has 0 saturated carbocycles. The number of nitrogens with one attached hydrogen (secondary N) is 1. The van der Waals surface area contributed by atoms with Crippen molar-refractivity contribution in [2.75, 3.05) is 43.5 Å². The zero-order valence-corrected chi connectivity index (χ0v) is 25.2. The lowest BCUT2D eigenvalue weighted by Crippen LogP contribution is -2.50. The minimum Gasteiger partial charge on any atom is -0.494 e. The second-order valence-electron chi connectivity index (χ2n) is 10.8. The Labute approximate surface area is 250 Å². The highest BCUT2D eigenvalue weighted by molar-refractivity contribution is 6.36. The van der Waals surface area contributed by atoms with Crippen molar-refractivity contribution in [1.82, 2.24) is 9.88 Å². The number of amides is 2. The van der Waals surface area contributed by atoms with Crippen LogP contribution in [0.1, 0.15) is 42.4 Å². The molecule has 1 saturated heterocycles. The Kier molecular flexibility index (Phi) is 9.50. The molecule has 11 heteroatoms. The Hall–Kier alpha value is -3.69. The predicted octanol–water partition coefficient (Wildman–Crippen LogP) is 6.08. The van der Waals surface area contributed by atoms with Crippen LogP contribution >= 0.6 is 23.2 Å². The lowest BCUT2D eigenvalue weighted by molar-refractivity contribution is 0.0240. The lowest BCUT2D eigenvalue weighted by Gasteiger charge is -2.37. The zero-order chi connectivity index (χ0) is 29.7. The van der Waals surface area contributed by atoms with Crippen LogP contribution in [0.25, 0.3) is 0 Å². The van der Waals surface area contributed by atoms with E-state index >= 15 is 0 Å². The van der Waals surface area contributed by atoms with E-state index in [2.05, 4.69) is 15.2 Å². The number of methoxy groups -OCH3 is 1. The average Bonchev–Trinajstić information content (AvgIpc) is 2.92. The van der Waals surface area contributed by atoms with E-state index in [-0.39, 0.29) is 11.8 Å². The minimum absolute atomic E-state index is 0.119. The molecule has 3 N–H and O–H groups in total. The van der Waals surface area contributed by atoms with Gasteiger partial charge in [-0.05, 0) is 75.1 Å². The van der Waals surface area contributed by atoms with Crippen LogP contribution < -0.4 is 20.7 Å². The van der Waals surface area contributed by atoms with Gasteiger partial charge in [0.2, 0.25) is 0 Å². The molecule has 0 atom stereocenters. The molecule has 2 aromatic carbocycles. The molecule has 1 aliphatic rings. The van der Waals surface area contributed by atoms with E-state index in [1.54, 1.807) is 30.3 Å². The Morgan fingerprint density at radius 2 is 1.68 bits per heavy atom. The number of aromatic nitrogens is 1. The van der Waals surface area contributed by atoms with Gasteiger partial charge in [0.15, 0.2) is 5.69 Å². The highest BCUT2D eigenvalue weighted by Gasteiger charge is 2.26. The van der Waals surface area contributed by atoms with Crippen molar-refractivity contribution >= 4 is 52.3 Å². The van der Waals surface area contributed by atoms with E-state index in [1.165, 1.54) is 0 Å². The zero-order valence-electron chi connectivity index (χ0n) is 23.7. The van der Waals surface area contributed by atoms with Gasteiger partial charge in [-0.25, -0.2) is 9.78 Å². The number of halogens is 2. The summed E-state index contributed by atoms with van der Waals surface area (Å²) >= 11 is 12.7. The van der Waals surface area contributed by atoms with E-state index in [9.17, 15) is 9.59 Å². The maximum absolute atomic E-state index is 12.4. The largest absolute Gasteiger partial charge is 0.494 e. The molecular formula is C30H35Cl2N5O4. The molecule has 0 spiro atoms. The van der Waals surface area contributed by atoms with Gasteiger partial charge in [0.1, 0.15) is 11.4 Å². The second-order valence-corrected chi connectivity index (χ2v) is 11.6. The predicted molar refractivity (Wildman–Crippen MR) is 163 cm³/mol. The summed E-state index contributed by atoms with van der Waals surface area (Å²) in [5.74, 6) is -0.0626. The summed E-state index contributed by atoms with van der Waals surface area (Å²) in [6, 6.07) is 13.0. The number of carbonyl (C=O) groups is 2. The molecule has 0 aliphatic carbocycles. The van der Waals surface area contributed by atoms with Crippen LogP contribution in [0.5, 0.6) is 5.75 Å². The Bertz CT molecular complexity index is 1400. The molecular weight excluding hydrogens is 565 g/mol. The number of anilines is 3. The normalized spacial score (nSPS) is 13.6. The topological polar surface area (TPSA) is 110 Å². The van der Waals surface area contributed by atoms with Crippen LogP contribution in [-0.4, -0.2) is 60.8 Å². The summed E-state index contributed by atoms with van der Waals surface area (Å²) in [6.45, 7) is 7.99. The summed E-state index contributed by atoms with van der Waals surface area (Å²) in [7, 11) is 1.59. The van der Waals surface area contributed by atoms with Crippen molar-refractivity contribution in [1.29, 1.82) is 0 Å². The van der Waals surface area contributed by atoms with Crippen molar-refractivity contribution < 1.29 is 19.1 Å². The third kappa shape index (κ3) is 7.74. The van der Waals surface area contributed by atoms with Gasteiger partial charge in [0.25, 0.3) is 5.91 Å². The summed E-state index contributed by atoms with van der Waals surface area (Å²) in [5.41, 5.74) is 9.03. The average molecular weight is 601 g/mol. The van der Waals surface area contributed by atoms with Gasteiger partial charge in [-0.2, -0.15) is 0 Å². The first-order valence-electron chi connectivity index (χ1n) is 13.3. The number of nitrogens with two attached hydrogens (primary N) is 1. The highest BCUT2D eigenvalue weighted by atomic mass is 35.5. The van der Waals surface area contributed by atoms with Crippen LogP contribution in [-0.2, 0) is 17.6 Å². The van der Waals surface area contributed by atoms with Crippen molar-refractivity contribution in [3.05, 3.63) is 75.5 Å². The number of piperazine rings is 1. The van der Waals surface area contributed by atoms with Crippen molar-refractivity contribution in [2.45, 2.75) is 39.2 Å². The van der Waals surface area contributed by atoms with Crippen LogP contribution in [0.15, 0.2) is 48.7 Å². The minimum atomic E-state index is -0.647. The van der Waals surface area contributed by atoms with Gasteiger partial charge in [-0.1, -0.05) is 29.3 Å². The van der Waals surface area contributed by atoms with Gasteiger partial charge in [0, 0.05) is 54.2 Å². The molecule has 3 aromatic rings. The summed E-state index contributed by atoms with van der Waals surface area (Å²) in [6.07, 6.45) is 2.54. The molecule has 1 aliphatic heterocycles. The quantitative estimate of drug-likeness (QED) is 0.323. The molecule has 41 heavy (non-hydrogen) atoms. The maximum atomic E-state index is 12.4. The van der Waals surface area contributed by atoms with E-state index in [0.717, 1.165) is 16.8 Å². The molecule has 9 nitrogen and oxygen atoms in total. The van der Waals surface area contributed by atoms with Gasteiger partial charge in [0.05, 0.1) is 18.5 Å². The monoisotopic (exact) mass is 599 g/mol. The van der Waals surface area contributed by atoms with Crippen molar-refractivity contribution in [3.8, 4) is 5.75 Å². The highest BCUT2D eigenvalue weighted by Crippen LogP contribution is 2.34. The van der Waals surface area contributed by atoms with Crippen molar-refractivity contribution in [3.63, 3.8) is 0 Å². The summed E-state index contributed by atoms with van der Waals surface area (Å²) in [4.78, 5) is 32.8. The number of primary amides is 1. The van der Waals surface area contributed by atoms with E-state index in [1.807, 2.05) is 51.1 Å². The molecule has 2 heterocycles. The molecule has 0 bridgehead atoms. The van der Waals surface area contributed by atoms with Crippen LogP contribution in [0.4, 0.5) is 21.9 Å². The Morgan fingerprint density at radius 1 is 1.00 bits per heavy atom. The van der Waals surface area contributed by atoms with Crippen LogP contribution in [0, 0.1) is 0 Å². The van der Waals surface area contributed by atoms with Gasteiger partial charge in [-0.15, -0.1) is 0 Å². The molecule has 1 fully saturated rings. The lowest BCUT2D eigenvalue weighted by atomic mass is 10.0. The third-order valence-electron chi connectivity index (χ3n) is 6.65. The van der Waals surface area contributed by atoms with E-state index in [4.69, 9.17) is 38.4 Å². The number of carbonyl (C=O) groups excluding carboxylic acids is 2. The first-order chi connectivity index (χ1) is 19.4.